The number of methoxy groups -OCH3 is 1. The van der Waals surface area contributed by atoms with Gasteiger partial charge in [0, 0.05) is 46.1 Å². The van der Waals surface area contributed by atoms with Gasteiger partial charge in [0.2, 0.25) is 0 Å². The summed E-state index contributed by atoms with van der Waals surface area (Å²) in [6.07, 6.45) is -0.551. The molecule has 11 nitrogen and oxygen atoms in total. The van der Waals surface area contributed by atoms with Gasteiger partial charge in [0.25, 0.3) is 11.8 Å². The van der Waals surface area contributed by atoms with Crippen molar-refractivity contribution < 1.29 is 28.7 Å². The molecule has 0 aliphatic rings. The minimum absolute atomic E-state index is 0.218. The van der Waals surface area contributed by atoms with Crippen LogP contribution < -0.4 is 16.0 Å². The lowest BCUT2D eigenvalue weighted by Crippen LogP contribution is -2.37. The number of aromatic amines is 2. The Kier molecular flexibility index (Phi) is 7.38. The third-order valence-corrected chi connectivity index (χ3v) is 5.49. The van der Waals surface area contributed by atoms with Gasteiger partial charge in [0.05, 0.1) is 7.11 Å². The van der Waals surface area contributed by atoms with Crippen molar-refractivity contribution in [2.45, 2.75) is 26.4 Å². The van der Waals surface area contributed by atoms with E-state index in [4.69, 9.17) is 9.47 Å². The van der Waals surface area contributed by atoms with Crippen molar-refractivity contribution in [1.29, 1.82) is 0 Å². The molecule has 2 aromatic carbocycles. The van der Waals surface area contributed by atoms with Crippen LogP contribution >= 0.6 is 0 Å². The highest BCUT2D eigenvalue weighted by molar-refractivity contribution is 6.07. The molecule has 11 heteroatoms. The Balaban J connectivity index is 1.37. The van der Waals surface area contributed by atoms with Gasteiger partial charge in [0.1, 0.15) is 17.0 Å². The van der Waals surface area contributed by atoms with Crippen LogP contribution in [0.3, 0.4) is 0 Å². The van der Waals surface area contributed by atoms with Crippen LogP contribution in [0.15, 0.2) is 48.5 Å². The summed E-state index contributed by atoms with van der Waals surface area (Å²) in [5.41, 5.74) is 2.37. The number of alkyl carbamates (subject to hydrolysis) is 1. The average Bonchev–Trinajstić information content (AvgIpc) is 3.48. The van der Waals surface area contributed by atoms with Crippen molar-refractivity contribution in [2.24, 2.45) is 0 Å². The summed E-state index contributed by atoms with van der Waals surface area (Å²) < 4.78 is 9.88. The van der Waals surface area contributed by atoms with Crippen LogP contribution in [0.25, 0.3) is 21.8 Å². The molecular formula is C27H29N5O6. The number of carbonyl (C=O) groups is 4. The van der Waals surface area contributed by atoms with Gasteiger partial charge in [-0.1, -0.05) is 6.07 Å². The van der Waals surface area contributed by atoms with Crippen LogP contribution in [0.4, 0.5) is 10.5 Å². The van der Waals surface area contributed by atoms with Crippen molar-refractivity contribution in [1.82, 2.24) is 20.6 Å². The molecule has 0 radical (unpaired) electrons. The smallest absolute Gasteiger partial charge is 0.407 e. The summed E-state index contributed by atoms with van der Waals surface area (Å²) >= 11 is 0. The number of amides is 3. The van der Waals surface area contributed by atoms with Gasteiger partial charge in [0.15, 0.2) is 0 Å². The van der Waals surface area contributed by atoms with Gasteiger partial charge in [-0.3, -0.25) is 9.59 Å². The summed E-state index contributed by atoms with van der Waals surface area (Å²) in [5, 5.41) is 9.65. The van der Waals surface area contributed by atoms with Crippen molar-refractivity contribution in [3.8, 4) is 0 Å². The molecule has 0 saturated heterocycles. The summed E-state index contributed by atoms with van der Waals surface area (Å²) in [7, 11) is 1.31. The Labute approximate surface area is 218 Å². The first kappa shape index (κ1) is 26.3. The van der Waals surface area contributed by atoms with E-state index in [1.54, 1.807) is 69.3 Å². The maximum absolute atomic E-state index is 12.9. The van der Waals surface area contributed by atoms with E-state index in [9.17, 15) is 19.2 Å². The lowest BCUT2D eigenvalue weighted by molar-refractivity contribution is 0.0525. The van der Waals surface area contributed by atoms with E-state index in [2.05, 4.69) is 25.9 Å². The number of H-pyrrole nitrogens is 2. The van der Waals surface area contributed by atoms with E-state index >= 15 is 0 Å². The molecule has 3 amide bonds. The Morgan fingerprint density at radius 3 is 2.24 bits per heavy atom. The molecule has 4 aromatic rings. The zero-order valence-corrected chi connectivity index (χ0v) is 21.5. The molecular weight excluding hydrogens is 490 g/mol. The van der Waals surface area contributed by atoms with Crippen LogP contribution in [-0.4, -0.2) is 59.6 Å². The number of anilines is 1. The Bertz CT molecular complexity index is 1530. The second kappa shape index (κ2) is 10.7. The summed E-state index contributed by atoms with van der Waals surface area (Å²) in [4.78, 5) is 54.9. The normalized spacial score (nSPS) is 11.3. The first-order chi connectivity index (χ1) is 18.0. The molecule has 0 aliphatic carbocycles. The molecule has 0 bridgehead atoms. The number of hydrogen-bond donors (Lipinski definition) is 5. The lowest BCUT2D eigenvalue weighted by Gasteiger charge is -2.19. The van der Waals surface area contributed by atoms with Gasteiger partial charge in [-0.05, 0) is 63.2 Å². The van der Waals surface area contributed by atoms with Crippen molar-refractivity contribution >= 4 is 51.4 Å². The zero-order chi connectivity index (χ0) is 27.4. The summed E-state index contributed by atoms with van der Waals surface area (Å²) in [6.45, 7) is 5.75. The SMILES string of the molecule is COC(=O)c1cc2ccc(NC(=O)c3cc4cc(C(=O)NCCNC(=O)OC(C)(C)C)ccc4[nH]3)cc2[nH]1. The van der Waals surface area contributed by atoms with E-state index in [-0.39, 0.29) is 24.9 Å². The highest BCUT2D eigenvalue weighted by Crippen LogP contribution is 2.22. The number of benzene rings is 2. The largest absolute Gasteiger partial charge is 0.464 e. The van der Waals surface area contributed by atoms with Gasteiger partial charge in [-0.15, -0.1) is 0 Å². The number of aromatic nitrogens is 2. The van der Waals surface area contributed by atoms with E-state index in [1.807, 2.05) is 0 Å². The van der Waals surface area contributed by atoms with Crippen LogP contribution in [0.5, 0.6) is 0 Å². The Hall–Kier alpha value is -4.80. The monoisotopic (exact) mass is 519 g/mol. The molecule has 0 spiro atoms. The molecule has 0 saturated carbocycles. The minimum Gasteiger partial charge on any atom is -0.464 e. The van der Waals surface area contributed by atoms with Crippen molar-refractivity contribution in [3.63, 3.8) is 0 Å². The molecule has 2 heterocycles. The molecule has 0 unspecified atom stereocenters. The molecule has 5 N–H and O–H groups in total. The standard InChI is InChI=1S/C27H29N5O6/c1-27(2,3)38-26(36)29-10-9-28-23(33)16-6-8-19-17(11-16)13-21(31-19)24(34)30-18-7-5-15-12-22(25(35)37-4)32-20(15)14-18/h5-8,11-14,31-32H,9-10H2,1-4H3,(H,28,33)(H,29,36)(H,30,34). The second-order valence-corrected chi connectivity index (χ2v) is 9.60. The molecule has 4 rings (SSSR count). The third-order valence-electron chi connectivity index (χ3n) is 5.49. The molecule has 0 aliphatic heterocycles. The number of hydrogen-bond acceptors (Lipinski definition) is 6. The molecule has 38 heavy (non-hydrogen) atoms. The maximum Gasteiger partial charge on any atom is 0.407 e. The number of nitrogens with one attached hydrogen (secondary N) is 5. The minimum atomic E-state index is -0.597. The summed E-state index contributed by atoms with van der Waals surface area (Å²) in [5.74, 6) is -1.15. The first-order valence-corrected chi connectivity index (χ1v) is 11.9. The third kappa shape index (κ3) is 6.30. The average molecular weight is 520 g/mol. The molecule has 0 fully saturated rings. The van der Waals surface area contributed by atoms with E-state index in [1.165, 1.54) is 7.11 Å². The van der Waals surface area contributed by atoms with Gasteiger partial charge in [-0.2, -0.15) is 0 Å². The quantitative estimate of drug-likeness (QED) is 0.184. The van der Waals surface area contributed by atoms with Crippen LogP contribution in [-0.2, 0) is 9.47 Å². The number of ether oxygens (including phenoxy) is 2. The predicted octanol–water partition coefficient (Wildman–Crippen LogP) is 3.94. The number of carbonyl (C=O) groups excluding carboxylic acids is 4. The fraction of sp³-hybridized carbons (Fsp3) is 0.259. The maximum atomic E-state index is 12.9. The fourth-order valence-electron chi connectivity index (χ4n) is 3.78. The highest BCUT2D eigenvalue weighted by atomic mass is 16.6. The molecule has 0 atom stereocenters. The lowest BCUT2D eigenvalue weighted by atomic mass is 10.1. The number of esters is 1. The van der Waals surface area contributed by atoms with Crippen LogP contribution in [0.2, 0.25) is 0 Å². The van der Waals surface area contributed by atoms with Crippen LogP contribution in [0, 0.1) is 0 Å². The van der Waals surface area contributed by atoms with Crippen molar-refractivity contribution in [3.05, 3.63) is 65.5 Å². The molecule has 198 valence electrons. The van der Waals surface area contributed by atoms with Gasteiger partial charge in [-0.25, -0.2) is 9.59 Å². The van der Waals surface area contributed by atoms with E-state index in [0.717, 1.165) is 5.39 Å². The predicted molar refractivity (Wildman–Crippen MR) is 142 cm³/mol. The highest BCUT2D eigenvalue weighted by Gasteiger charge is 2.16. The zero-order valence-electron chi connectivity index (χ0n) is 21.5. The first-order valence-electron chi connectivity index (χ1n) is 11.9. The summed E-state index contributed by atoms with van der Waals surface area (Å²) in [6, 6.07) is 13.6. The van der Waals surface area contributed by atoms with Crippen LogP contribution in [0.1, 0.15) is 52.1 Å². The fourth-order valence-corrected chi connectivity index (χ4v) is 3.78. The van der Waals surface area contributed by atoms with Gasteiger partial charge < -0.3 is 35.4 Å². The number of fused-ring (bicyclic) bond motifs is 2. The van der Waals surface area contributed by atoms with E-state index < -0.39 is 17.7 Å². The van der Waals surface area contributed by atoms with E-state index in [0.29, 0.717) is 39.1 Å². The Morgan fingerprint density at radius 1 is 0.789 bits per heavy atom. The second-order valence-electron chi connectivity index (χ2n) is 9.60. The Morgan fingerprint density at radius 2 is 1.50 bits per heavy atom. The topological polar surface area (TPSA) is 154 Å². The van der Waals surface area contributed by atoms with Gasteiger partial charge >= 0.3 is 12.1 Å². The molecule has 2 aromatic heterocycles. The van der Waals surface area contributed by atoms with Crippen molar-refractivity contribution in [2.75, 3.05) is 25.5 Å². The number of rotatable bonds is 7.